The van der Waals surface area contributed by atoms with Crippen molar-refractivity contribution in [2.45, 2.75) is 98.9 Å². The normalized spacial score (nSPS) is 28.1. The van der Waals surface area contributed by atoms with Crippen molar-refractivity contribution in [3.8, 4) is 0 Å². The van der Waals surface area contributed by atoms with E-state index in [1.54, 1.807) is 4.90 Å². The van der Waals surface area contributed by atoms with E-state index in [1.807, 2.05) is 41.5 Å². The van der Waals surface area contributed by atoms with Crippen LogP contribution in [-0.4, -0.2) is 76.9 Å². The largest absolute Gasteiger partial charge is 0.381 e. The fourth-order valence-corrected chi connectivity index (χ4v) is 6.23. The molecule has 3 fully saturated rings. The Bertz CT molecular complexity index is 1010. The molecule has 0 aromatic heterocycles. The van der Waals surface area contributed by atoms with E-state index in [1.165, 1.54) is 0 Å². The van der Waals surface area contributed by atoms with Crippen LogP contribution in [0.2, 0.25) is 0 Å². The summed E-state index contributed by atoms with van der Waals surface area (Å²) in [4.78, 5) is 66.2. The van der Waals surface area contributed by atoms with Crippen LogP contribution in [0.3, 0.4) is 0 Å². The molecule has 1 aliphatic carbocycles. The number of hydrogen-bond donors (Lipinski definition) is 5. The molecule has 0 bridgehead atoms. The fourth-order valence-electron chi connectivity index (χ4n) is 6.23. The summed E-state index contributed by atoms with van der Waals surface area (Å²) in [6.45, 7) is 16.4. The maximum atomic E-state index is 14.0. The van der Waals surface area contributed by atoms with Gasteiger partial charge in [-0.1, -0.05) is 55.4 Å². The Balaban J connectivity index is 1.85. The molecule has 2 aliphatic heterocycles. The van der Waals surface area contributed by atoms with Crippen molar-refractivity contribution in [2.75, 3.05) is 13.1 Å². The van der Waals surface area contributed by atoms with E-state index in [4.69, 9.17) is 5.73 Å². The van der Waals surface area contributed by atoms with Gasteiger partial charge < -0.3 is 31.7 Å². The summed E-state index contributed by atoms with van der Waals surface area (Å²) >= 11 is 0. The summed E-state index contributed by atoms with van der Waals surface area (Å²) in [5, 5.41) is 18.9. The zero-order valence-electron chi connectivity index (χ0n) is 24.6. The lowest BCUT2D eigenvalue weighted by atomic mass is 9.84. The summed E-state index contributed by atoms with van der Waals surface area (Å²) in [6.07, 6.45) is -0.872. The number of nitrogens with zero attached hydrogens (tertiary/aromatic N) is 1. The van der Waals surface area contributed by atoms with Gasteiger partial charge in [0.25, 0.3) is 0 Å². The highest BCUT2D eigenvalue weighted by molar-refractivity contribution is 5.94. The first kappa shape index (κ1) is 30.8. The van der Waals surface area contributed by atoms with Crippen molar-refractivity contribution >= 4 is 29.5 Å². The van der Waals surface area contributed by atoms with Crippen LogP contribution in [0.1, 0.15) is 74.7 Å². The summed E-state index contributed by atoms with van der Waals surface area (Å²) in [5.41, 5.74) is 4.31. The number of likely N-dealkylation sites (tertiary alicyclic amines) is 1. The zero-order valence-corrected chi connectivity index (χ0v) is 24.6. The second-order valence-corrected chi connectivity index (χ2v) is 14.5. The monoisotopic (exact) mass is 549 g/mol. The summed E-state index contributed by atoms with van der Waals surface area (Å²) in [7, 11) is 0. The maximum Gasteiger partial charge on any atom is 0.248 e. The molecule has 7 atom stereocenters. The fraction of sp³-hybridized carbons (Fsp3) is 0.821. The highest BCUT2D eigenvalue weighted by Crippen LogP contribution is 2.65. The highest BCUT2D eigenvalue weighted by atomic mass is 16.3. The Morgan fingerprint density at radius 2 is 1.74 bits per heavy atom. The average Bonchev–Trinajstić information content (AvgIpc) is 3.14. The Morgan fingerprint density at radius 3 is 2.23 bits per heavy atom. The molecule has 39 heavy (non-hydrogen) atoms. The van der Waals surface area contributed by atoms with E-state index >= 15 is 0 Å². The van der Waals surface area contributed by atoms with E-state index in [0.29, 0.717) is 19.5 Å². The third-order valence-electron chi connectivity index (χ3n) is 8.57. The standard InChI is InChI=1S/C28H47N5O6/c1-26(2,3)12-17(34)32-21(27(4,5)6)25(39)33-13-15-18(28(15,7)8)19(33)24(38)31-16(20(35)22(29)36)11-14-9-10-30-23(14)37/h14-16,18-21,35H,9-13H2,1-8H3,(H2,29,36)(H,30,37)(H,31,38)(H,32,34)/t14-,15?,16-,18?,19?,20?,21+/m0/s1. The molecule has 11 nitrogen and oxygen atoms in total. The van der Waals surface area contributed by atoms with Crippen LogP contribution < -0.4 is 21.7 Å². The Hall–Kier alpha value is -2.69. The van der Waals surface area contributed by atoms with Crippen LogP contribution in [0.25, 0.3) is 0 Å². The van der Waals surface area contributed by atoms with Crippen molar-refractivity contribution < 1.29 is 29.1 Å². The number of amides is 5. The zero-order chi connectivity index (χ0) is 29.7. The van der Waals surface area contributed by atoms with Crippen molar-refractivity contribution in [2.24, 2.45) is 39.7 Å². The summed E-state index contributed by atoms with van der Waals surface area (Å²) in [6, 6.07) is -2.77. The predicted octanol–water partition coefficient (Wildman–Crippen LogP) is 0.294. The van der Waals surface area contributed by atoms with Gasteiger partial charge in [-0.05, 0) is 40.9 Å². The van der Waals surface area contributed by atoms with Crippen molar-refractivity contribution in [3.05, 3.63) is 0 Å². The molecule has 0 radical (unpaired) electrons. The smallest absolute Gasteiger partial charge is 0.248 e. The highest BCUT2D eigenvalue weighted by Gasteiger charge is 2.70. The minimum Gasteiger partial charge on any atom is -0.381 e. The van der Waals surface area contributed by atoms with Crippen LogP contribution in [0.5, 0.6) is 0 Å². The predicted molar refractivity (Wildman–Crippen MR) is 145 cm³/mol. The van der Waals surface area contributed by atoms with E-state index in [0.717, 1.165) is 0 Å². The molecule has 1 saturated carbocycles. The SMILES string of the molecule is CC(C)(C)CC(=O)N[C@H](C(=O)N1CC2C(C1C(=O)N[C@@H](C[C@@H]1CCNC1=O)C(O)C(N)=O)C2(C)C)C(C)(C)C. The summed E-state index contributed by atoms with van der Waals surface area (Å²) < 4.78 is 0. The minimum absolute atomic E-state index is 0.0489. The van der Waals surface area contributed by atoms with Crippen LogP contribution in [-0.2, 0) is 24.0 Å². The molecule has 2 saturated heterocycles. The van der Waals surface area contributed by atoms with Gasteiger partial charge >= 0.3 is 0 Å². The number of carbonyl (C=O) groups excluding carboxylic acids is 5. The molecular weight excluding hydrogens is 502 g/mol. The lowest BCUT2D eigenvalue weighted by molar-refractivity contribution is -0.146. The van der Waals surface area contributed by atoms with Gasteiger partial charge in [-0.2, -0.15) is 0 Å². The lowest BCUT2D eigenvalue weighted by Gasteiger charge is -2.38. The van der Waals surface area contributed by atoms with Crippen molar-refractivity contribution in [3.63, 3.8) is 0 Å². The molecule has 4 unspecified atom stereocenters. The molecule has 0 aromatic rings. The van der Waals surface area contributed by atoms with Gasteiger partial charge in [-0.15, -0.1) is 0 Å². The topological polar surface area (TPSA) is 171 Å². The van der Waals surface area contributed by atoms with E-state index < -0.39 is 47.4 Å². The van der Waals surface area contributed by atoms with E-state index in [-0.39, 0.29) is 53.2 Å². The first-order chi connectivity index (χ1) is 17.8. The second-order valence-electron chi connectivity index (χ2n) is 14.5. The van der Waals surface area contributed by atoms with Crippen LogP contribution in [0.4, 0.5) is 0 Å². The van der Waals surface area contributed by atoms with Crippen LogP contribution >= 0.6 is 0 Å². The van der Waals surface area contributed by atoms with E-state index in [9.17, 15) is 29.1 Å². The first-order valence-corrected chi connectivity index (χ1v) is 13.9. The molecule has 0 spiro atoms. The number of hydrogen-bond acceptors (Lipinski definition) is 6. The number of nitrogens with one attached hydrogen (secondary N) is 3. The van der Waals surface area contributed by atoms with Gasteiger partial charge in [0.2, 0.25) is 29.5 Å². The van der Waals surface area contributed by atoms with Gasteiger partial charge in [0, 0.05) is 25.4 Å². The molecule has 6 N–H and O–H groups in total. The first-order valence-electron chi connectivity index (χ1n) is 13.9. The molecular formula is C28H47N5O6. The number of aliphatic hydroxyl groups excluding tert-OH is 1. The molecule has 11 heteroatoms. The maximum absolute atomic E-state index is 14.0. The number of rotatable bonds is 9. The third kappa shape index (κ3) is 6.73. The molecule has 0 aromatic carbocycles. The van der Waals surface area contributed by atoms with E-state index in [2.05, 4.69) is 29.8 Å². The van der Waals surface area contributed by atoms with Crippen molar-refractivity contribution in [1.82, 2.24) is 20.9 Å². The number of piperidine rings is 1. The van der Waals surface area contributed by atoms with Crippen molar-refractivity contribution in [1.29, 1.82) is 0 Å². The molecule has 2 heterocycles. The molecule has 5 amide bonds. The van der Waals surface area contributed by atoms with Gasteiger partial charge in [0.1, 0.15) is 12.1 Å². The van der Waals surface area contributed by atoms with Gasteiger partial charge in [-0.25, -0.2) is 0 Å². The number of fused-ring (bicyclic) bond motifs is 1. The Kier molecular flexibility index (Phi) is 8.47. The third-order valence-corrected chi connectivity index (χ3v) is 8.57. The molecule has 3 rings (SSSR count). The number of primary amides is 1. The van der Waals surface area contributed by atoms with Gasteiger partial charge in [-0.3, -0.25) is 24.0 Å². The minimum atomic E-state index is -1.69. The number of nitrogens with two attached hydrogens (primary N) is 1. The molecule has 3 aliphatic rings. The molecule has 220 valence electrons. The lowest BCUT2D eigenvalue weighted by Crippen LogP contribution is -2.61. The Morgan fingerprint density at radius 1 is 1.13 bits per heavy atom. The summed E-state index contributed by atoms with van der Waals surface area (Å²) in [5.74, 6) is -2.77. The Labute approximate surface area is 231 Å². The van der Waals surface area contributed by atoms with Gasteiger partial charge in [0.05, 0.1) is 6.04 Å². The van der Waals surface area contributed by atoms with Gasteiger partial charge in [0.15, 0.2) is 6.10 Å². The van der Waals surface area contributed by atoms with Crippen LogP contribution in [0.15, 0.2) is 0 Å². The van der Waals surface area contributed by atoms with Crippen LogP contribution in [0, 0.1) is 34.0 Å². The quantitative estimate of drug-likeness (QED) is 0.277. The number of aliphatic hydroxyl groups is 1. The number of carbonyl (C=O) groups is 5. The average molecular weight is 550 g/mol. The second kappa shape index (κ2) is 10.7.